The lowest BCUT2D eigenvalue weighted by molar-refractivity contribution is 0.661. The first-order valence-electron chi connectivity index (χ1n) is 7.09. The summed E-state index contributed by atoms with van der Waals surface area (Å²) in [7, 11) is 1.87. The second-order valence-corrected chi connectivity index (χ2v) is 5.52. The van der Waals surface area contributed by atoms with Gasteiger partial charge in [-0.2, -0.15) is 0 Å². The molecule has 0 atom stereocenters. The van der Waals surface area contributed by atoms with Crippen LogP contribution in [0.15, 0.2) is 29.8 Å². The summed E-state index contributed by atoms with van der Waals surface area (Å²) in [6.45, 7) is 4.92. The Labute approximate surface area is 140 Å². The van der Waals surface area contributed by atoms with Crippen molar-refractivity contribution in [3.8, 4) is 0 Å². The molecule has 0 bridgehead atoms. The van der Waals surface area contributed by atoms with Crippen LogP contribution in [0.25, 0.3) is 0 Å². The minimum absolute atomic E-state index is 0.503. The molecule has 0 aliphatic carbocycles. The van der Waals surface area contributed by atoms with E-state index in [4.69, 9.17) is 23.2 Å². The molecule has 0 fully saturated rings. The number of nitrogens with zero attached hydrogens (tertiary/aromatic N) is 4. The van der Waals surface area contributed by atoms with Crippen LogP contribution in [0.4, 0.5) is 0 Å². The van der Waals surface area contributed by atoms with Crippen LogP contribution in [-0.2, 0) is 20.1 Å². The Hall–Kier alpha value is -1.66. The van der Waals surface area contributed by atoms with Gasteiger partial charge < -0.3 is 19.8 Å². The Morgan fingerprint density at radius 1 is 1.36 bits per heavy atom. The zero-order valence-corrected chi connectivity index (χ0v) is 14.2. The molecule has 2 rings (SSSR count). The number of aliphatic imine (C=N–C) groups is 1. The fraction of sp³-hybridized carbons (Fsp3) is 0.429. The Morgan fingerprint density at radius 3 is 2.77 bits per heavy atom. The lowest BCUT2D eigenvalue weighted by Crippen LogP contribution is -2.38. The van der Waals surface area contributed by atoms with Gasteiger partial charge in [0.25, 0.3) is 0 Å². The molecule has 120 valence electrons. The number of aromatic nitrogens is 3. The van der Waals surface area contributed by atoms with Gasteiger partial charge in [0, 0.05) is 44.8 Å². The normalized spacial score (nSPS) is 11.7. The summed E-state index contributed by atoms with van der Waals surface area (Å²) in [4.78, 5) is 8.56. The fourth-order valence-corrected chi connectivity index (χ4v) is 2.38. The molecule has 0 amide bonds. The lowest BCUT2D eigenvalue weighted by Gasteiger charge is -2.11. The molecule has 2 aromatic heterocycles. The predicted octanol–water partition coefficient (Wildman–Crippen LogP) is 2.28. The third-order valence-corrected chi connectivity index (χ3v) is 4.02. The van der Waals surface area contributed by atoms with E-state index >= 15 is 0 Å². The summed E-state index contributed by atoms with van der Waals surface area (Å²) in [5.41, 5.74) is 0.960. The molecule has 0 spiro atoms. The van der Waals surface area contributed by atoms with E-state index in [0.29, 0.717) is 16.7 Å². The van der Waals surface area contributed by atoms with E-state index in [0.717, 1.165) is 31.3 Å². The van der Waals surface area contributed by atoms with Gasteiger partial charge in [-0.05, 0) is 13.0 Å². The van der Waals surface area contributed by atoms with Crippen molar-refractivity contribution in [2.24, 2.45) is 12.0 Å². The first-order chi connectivity index (χ1) is 10.6. The van der Waals surface area contributed by atoms with E-state index in [1.807, 2.05) is 35.4 Å². The maximum Gasteiger partial charge on any atom is 0.191 e. The van der Waals surface area contributed by atoms with Gasteiger partial charge in [-0.1, -0.05) is 23.2 Å². The van der Waals surface area contributed by atoms with Gasteiger partial charge in [-0.3, -0.25) is 0 Å². The van der Waals surface area contributed by atoms with Gasteiger partial charge in [0.15, 0.2) is 5.96 Å². The molecule has 0 saturated carbocycles. The minimum atomic E-state index is 0.503. The number of rotatable bonds is 6. The zero-order valence-electron chi connectivity index (χ0n) is 12.7. The highest BCUT2D eigenvalue weighted by atomic mass is 35.5. The summed E-state index contributed by atoms with van der Waals surface area (Å²) in [5.74, 6) is 0.760. The second kappa shape index (κ2) is 8.10. The van der Waals surface area contributed by atoms with Gasteiger partial charge in [0.2, 0.25) is 0 Å². The van der Waals surface area contributed by atoms with Gasteiger partial charge >= 0.3 is 0 Å². The Balaban J connectivity index is 1.92. The molecule has 6 nitrogen and oxygen atoms in total. The van der Waals surface area contributed by atoms with Crippen LogP contribution in [0.1, 0.15) is 12.6 Å². The number of nitrogens with one attached hydrogen (secondary N) is 2. The monoisotopic (exact) mass is 342 g/mol. The highest BCUT2D eigenvalue weighted by Crippen LogP contribution is 2.25. The molecular weight excluding hydrogens is 323 g/mol. The Morgan fingerprint density at radius 2 is 2.18 bits per heavy atom. The fourth-order valence-electron chi connectivity index (χ4n) is 1.96. The highest BCUT2D eigenvalue weighted by molar-refractivity contribution is 6.41. The molecule has 8 heteroatoms. The highest BCUT2D eigenvalue weighted by Gasteiger charge is 2.08. The second-order valence-electron chi connectivity index (χ2n) is 4.76. The van der Waals surface area contributed by atoms with E-state index in [2.05, 4.69) is 20.6 Å². The van der Waals surface area contributed by atoms with Crippen LogP contribution < -0.4 is 10.6 Å². The largest absolute Gasteiger partial charge is 0.357 e. The van der Waals surface area contributed by atoms with E-state index in [1.165, 1.54) is 0 Å². The topological polar surface area (TPSA) is 59.2 Å². The first kappa shape index (κ1) is 16.7. The zero-order chi connectivity index (χ0) is 15.9. The van der Waals surface area contributed by atoms with Crippen molar-refractivity contribution in [1.82, 2.24) is 24.8 Å². The van der Waals surface area contributed by atoms with Crippen LogP contribution >= 0.6 is 23.2 Å². The summed E-state index contributed by atoms with van der Waals surface area (Å²) in [6, 6.07) is 1.84. The van der Waals surface area contributed by atoms with Crippen molar-refractivity contribution in [2.45, 2.75) is 20.0 Å². The molecule has 0 saturated heterocycles. The van der Waals surface area contributed by atoms with Gasteiger partial charge in [-0.15, -0.1) is 0 Å². The molecule has 22 heavy (non-hydrogen) atoms. The van der Waals surface area contributed by atoms with Crippen molar-refractivity contribution in [3.05, 3.63) is 40.7 Å². The summed E-state index contributed by atoms with van der Waals surface area (Å²) in [6.07, 6.45) is 5.49. The predicted molar refractivity (Wildman–Crippen MR) is 90.5 cm³/mol. The average molecular weight is 343 g/mol. The van der Waals surface area contributed by atoms with Gasteiger partial charge in [0.1, 0.15) is 5.15 Å². The Bertz CT molecular complexity index is 618. The van der Waals surface area contributed by atoms with Crippen molar-refractivity contribution in [3.63, 3.8) is 0 Å². The quantitative estimate of drug-likeness (QED) is 0.625. The molecule has 0 aliphatic rings. The van der Waals surface area contributed by atoms with Crippen molar-refractivity contribution >= 4 is 29.2 Å². The van der Waals surface area contributed by atoms with E-state index in [9.17, 15) is 0 Å². The SMILES string of the molecule is CCNC(=NCc1cc(Cl)c(Cl)n1C)NCCn1ccnc1. The molecule has 2 aromatic rings. The van der Waals surface area contributed by atoms with Crippen LogP contribution in [0.2, 0.25) is 10.2 Å². The maximum absolute atomic E-state index is 6.06. The molecule has 2 N–H and O–H groups in total. The maximum atomic E-state index is 6.06. The van der Waals surface area contributed by atoms with Gasteiger partial charge in [0.05, 0.1) is 17.9 Å². The standard InChI is InChI=1S/C14H20Cl2N6/c1-3-18-14(19-5-7-22-6-4-17-10-22)20-9-11-8-12(15)13(16)21(11)2/h4,6,8,10H,3,5,7,9H2,1-2H3,(H2,18,19,20). The van der Waals surface area contributed by atoms with Crippen LogP contribution in [0, 0.1) is 0 Å². The van der Waals surface area contributed by atoms with Crippen LogP contribution in [-0.4, -0.2) is 33.2 Å². The van der Waals surface area contributed by atoms with E-state index < -0.39 is 0 Å². The molecule has 0 aromatic carbocycles. The molecular formula is C14H20Cl2N6. The summed E-state index contributed by atoms with van der Waals surface area (Å²) < 4.78 is 3.84. The number of hydrogen-bond acceptors (Lipinski definition) is 2. The summed E-state index contributed by atoms with van der Waals surface area (Å²) >= 11 is 12.1. The third-order valence-electron chi connectivity index (χ3n) is 3.18. The number of guanidine groups is 1. The molecule has 0 unspecified atom stereocenters. The number of halogens is 2. The Kier molecular flexibility index (Phi) is 6.15. The van der Waals surface area contributed by atoms with Crippen LogP contribution in [0.3, 0.4) is 0 Å². The molecule has 2 heterocycles. The number of imidazole rings is 1. The molecule has 0 radical (unpaired) electrons. The average Bonchev–Trinajstić information content (AvgIpc) is 3.10. The van der Waals surface area contributed by atoms with Crippen LogP contribution in [0.5, 0.6) is 0 Å². The third kappa shape index (κ3) is 4.42. The van der Waals surface area contributed by atoms with Crippen molar-refractivity contribution < 1.29 is 0 Å². The van der Waals surface area contributed by atoms with Crippen molar-refractivity contribution in [1.29, 1.82) is 0 Å². The lowest BCUT2D eigenvalue weighted by atomic mass is 10.4. The van der Waals surface area contributed by atoms with E-state index in [1.54, 1.807) is 12.5 Å². The van der Waals surface area contributed by atoms with Crippen molar-refractivity contribution in [2.75, 3.05) is 13.1 Å². The first-order valence-corrected chi connectivity index (χ1v) is 7.85. The number of hydrogen-bond donors (Lipinski definition) is 2. The minimum Gasteiger partial charge on any atom is -0.357 e. The van der Waals surface area contributed by atoms with E-state index in [-0.39, 0.29) is 0 Å². The smallest absolute Gasteiger partial charge is 0.191 e. The molecule has 0 aliphatic heterocycles. The summed E-state index contributed by atoms with van der Waals surface area (Å²) in [5, 5.41) is 7.58. The van der Waals surface area contributed by atoms with Gasteiger partial charge in [-0.25, -0.2) is 9.98 Å².